The van der Waals surface area contributed by atoms with Gasteiger partial charge in [0.15, 0.2) is 5.78 Å². The number of anilines is 1. The Balaban J connectivity index is 1.67. The zero-order chi connectivity index (χ0) is 42.1. The van der Waals surface area contributed by atoms with Gasteiger partial charge in [-0.05, 0) is 115 Å². The molecule has 18 heteroatoms. The van der Waals surface area contributed by atoms with Crippen molar-refractivity contribution >= 4 is 52.4 Å². The summed E-state index contributed by atoms with van der Waals surface area (Å²) in [4.78, 5) is 99.0. The number of nitrogens with one attached hydrogen (secondary N) is 6. The van der Waals surface area contributed by atoms with Gasteiger partial charge in [-0.25, -0.2) is 4.79 Å². The second kappa shape index (κ2) is 22.2. The van der Waals surface area contributed by atoms with E-state index in [-0.39, 0.29) is 48.7 Å². The lowest BCUT2D eigenvalue weighted by Crippen LogP contribution is -2.51. The molecule has 0 spiro atoms. The van der Waals surface area contributed by atoms with Crippen LogP contribution in [0.1, 0.15) is 101 Å². The first-order chi connectivity index (χ1) is 27.0. The number of esters is 1. The maximum atomic E-state index is 13.4. The Kier molecular flexibility index (Phi) is 17.8. The molecule has 0 fully saturated rings. The van der Waals surface area contributed by atoms with E-state index in [2.05, 4.69) is 36.2 Å². The maximum Gasteiger partial charge on any atom is 0.329 e. The third kappa shape index (κ3) is 15.4. The molecule has 0 aliphatic carbocycles. The summed E-state index contributed by atoms with van der Waals surface area (Å²) in [6.45, 7) is 6.44. The number of nitrogens with zero attached hydrogens (tertiary/aromatic N) is 1. The molecule has 2 heterocycles. The summed E-state index contributed by atoms with van der Waals surface area (Å²) in [6, 6.07) is 3.73. The van der Waals surface area contributed by atoms with Crippen molar-refractivity contribution in [2.45, 2.75) is 116 Å². The lowest BCUT2D eigenvalue weighted by atomic mass is 10.0. The fraction of sp³-hybridized carbons (Fsp3) is 0.538. The number of unbranched alkanes of at least 4 members (excludes halogenated alkanes) is 2. The normalized spacial score (nSPS) is 12.9. The molecule has 0 aliphatic heterocycles. The monoisotopic (exact) mass is 795 g/mol. The highest BCUT2D eigenvalue weighted by molar-refractivity contribution is 5.97. The van der Waals surface area contributed by atoms with Crippen molar-refractivity contribution in [3.63, 3.8) is 0 Å². The molecule has 0 saturated heterocycles. The summed E-state index contributed by atoms with van der Waals surface area (Å²) in [5.74, 6) is -3.21. The van der Waals surface area contributed by atoms with E-state index in [1.807, 2.05) is 0 Å². The molecule has 0 radical (unpaired) electrons. The van der Waals surface area contributed by atoms with Crippen molar-refractivity contribution < 1.29 is 38.6 Å². The lowest BCUT2D eigenvalue weighted by Gasteiger charge is -2.25. The molecule has 18 nitrogen and oxygen atoms in total. The van der Waals surface area contributed by atoms with Gasteiger partial charge < -0.3 is 47.6 Å². The highest BCUT2D eigenvalue weighted by Gasteiger charge is 2.29. The number of rotatable bonds is 23. The molecule has 3 aromatic rings. The number of H-pyrrole nitrogens is 2. The Morgan fingerprint density at radius 2 is 1.56 bits per heavy atom. The van der Waals surface area contributed by atoms with Crippen LogP contribution in [0.2, 0.25) is 0 Å². The predicted octanol–water partition coefficient (Wildman–Crippen LogP) is 0.805. The average molecular weight is 796 g/mol. The predicted molar refractivity (Wildman–Crippen MR) is 213 cm³/mol. The molecule has 1 aromatic carbocycles. The number of aliphatic hydroxyl groups excluding tert-OH is 1. The van der Waals surface area contributed by atoms with E-state index in [0.717, 1.165) is 11.1 Å². The quantitative estimate of drug-likeness (QED) is 0.0476. The van der Waals surface area contributed by atoms with Gasteiger partial charge in [-0.15, -0.1) is 0 Å². The summed E-state index contributed by atoms with van der Waals surface area (Å²) in [5.41, 5.74) is 12.3. The molecule has 2 aromatic heterocycles. The highest BCUT2D eigenvalue weighted by atomic mass is 16.6. The molecule has 0 unspecified atom stereocenters. The second-order valence-electron chi connectivity index (χ2n) is 14.9. The van der Waals surface area contributed by atoms with Gasteiger partial charge in [0.1, 0.15) is 29.9 Å². The second-order valence-corrected chi connectivity index (χ2v) is 14.9. The van der Waals surface area contributed by atoms with E-state index >= 15 is 0 Å². The van der Waals surface area contributed by atoms with E-state index < -0.39 is 59.9 Å². The standard InChI is InChI=1S/C39H57N9O9/c1-23(50)27(9-5-7-19-40)45-35(54)28(10-6-8-20-42-31(52)22-49)44-30(51)18-17-29(37(56)57-39(2,3)4)46-34(53)25-14-11-24(12-15-25)13-16-26-21-43-33-32(26)36(55)48-38(41)47-33/h11-12,14-15,21,27-29,49H,5-10,13,16-20,22,40H2,1-4H3,(H,42,52)(H,44,51)(H,45,54)(H,46,53)(H4,41,43,47,48,55)/t27-,28-,29-/m0/s1. The minimum Gasteiger partial charge on any atom is -0.458 e. The van der Waals surface area contributed by atoms with Crippen molar-refractivity contribution in [1.29, 1.82) is 0 Å². The van der Waals surface area contributed by atoms with Crippen molar-refractivity contribution in [3.05, 3.63) is 57.5 Å². The van der Waals surface area contributed by atoms with Gasteiger partial charge in [0.25, 0.3) is 11.5 Å². The van der Waals surface area contributed by atoms with Crippen molar-refractivity contribution in [2.75, 3.05) is 25.4 Å². The van der Waals surface area contributed by atoms with Gasteiger partial charge in [-0.2, -0.15) is 4.98 Å². The SMILES string of the molecule is CC(=O)[C@H](CCCCN)NC(=O)[C@H](CCCCNC(=O)CO)NC(=O)CC[C@H](NC(=O)c1ccc(CCc2c[nH]c3nc(N)[nH]c(=O)c23)cc1)C(=O)OC(C)(C)C. The van der Waals surface area contributed by atoms with Gasteiger partial charge in [-0.1, -0.05) is 12.1 Å². The smallest absolute Gasteiger partial charge is 0.329 e. The van der Waals surface area contributed by atoms with E-state index in [9.17, 15) is 33.6 Å². The van der Waals surface area contributed by atoms with Gasteiger partial charge in [0, 0.05) is 24.7 Å². The van der Waals surface area contributed by atoms with E-state index in [1.165, 1.54) is 6.92 Å². The molecule has 312 valence electrons. The van der Waals surface area contributed by atoms with Crippen LogP contribution < -0.4 is 38.3 Å². The van der Waals surface area contributed by atoms with Crippen LogP contribution in [-0.4, -0.2) is 98.9 Å². The minimum absolute atomic E-state index is 0.0161. The minimum atomic E-state index is -1.21. The number of fused-ring (bicyclic) bond motifs is 1. The fourth-order valence-corrected chi connectivity index (χ4v) is 5.99. The van der Waals surface area contributed by atoms with Crippen LogP contribution in [0.5, 0.6) is 0 Å². The molecule has 11 N–H and O–H groups in total. The number of carbonyl (C=O) groups excluding carboxylic acids is 6. The number of aliphatic hydroxyl groups is 1. The van der Waals surface area contributed by atoms with Crippen molar-refractivity contribution in [3.8, 4) is 0 Å². The molecule has 57 heavy (non-hydrogen) atoms. The molecule has 0 bridgehead atoms. The summed E-state index contributed by atoms with van der Waals surface area (Å²) in [6.07, 6.45) is 5.08. The summed E-state index contributed by atoms with van der Waals surface area (Å²) in [7, 11) is 0. The van der Waals surface area contributed by atoms with Crippen molar-refractivity contribution in [2.24, 2.45) is 5.73 Å². The number of benzene rings is 1. The van der Waals surface area contributed by atoms with E-state index in [1.54, 1.807) is 51.2 Å². The fourth-order valence-electron chi connectivity index (χ4n) is 5.99. The average Bonchev–Trinajstić information content (AvgIpc) is 3.56. The van der Waals surface area contributed by atoms with Crippen LogP contribution in [0.3, 0.4) is 0 Å². The number of nitrogens with two attached hydrogens (primary N) is 2. The van der Waals surface area contributed by atoms with Crippen LogP contribution in [0.4, 0.5) is 5.95 Å². The van der Waals surface area contributed by atoms with Crippen LogP contribution in [-0.2, 0) is 41.6 Å². The number of ketones is 1. The third-order valence-electron chi connectivity index (χ3n) is 8.99. The largest absolute Gasteiger partial charge is 0.458 e. The van der Waals surface area contributed by atoms with Gasteiger partial charge in [0.2, 0.25) is 23.7 Å². The first-order valence-corrected chi connectivity index (χ1v) is 19.2. The van der Waals surface area contributed by atoms with E-state index in [0.29, 0.717) is 62.5 Å². The molecule has 3 rings (SSSR count). The number of carbonyl (C=O) groups is 6. The number of ether oxygens (including phenoxy) is 1. The third-order valence-corrected chi connectivity index (χ3v) is 8.99. The number of nitrogen functional groups attached to an aromatic ring is 1. The number of amides is 4. The Morgan fingerprint density at radius 1 is 0.877 bits per heavy atom. The Bertz CT molecular complexity index is 1900. The van der Waals surface area contributed by atoms with Crippen LogP contribution in [0, 0.1) is 0 Å². The molecule has 4 amide bonds. The van der Waals surface area contributed by atoms with E-state index in [4.69, 9.17) is 21.3 Å². The molecule has 0 aliphatic rings. The van der Waals surface area contributed by atoms with Gasteiger partial charge >= 0.3 is 5.97 Å². The van der Waals surface area contributed by atoms with Crippen LogP contribution in [0.25, 0.3) is 11.0 Å². The Labute approximate surface area is 331 Å². The van der Waals surface area contributed by atoms with Crippen molar-refractivity contribution in [1.82, 2.24) is 36.2 Å². The topological polar surface area (TPSA) is 294 Å². The zero-order valence-corrected chi connectivity index (χ0v) is 33.1. The highest BCUT2D eigenvalue weighted by Crippen LogP contribution is 2.17. The maximum absolute atomic E-state index is 13.4. The van der Waals surface area contributed by atoms with Crippen LogP contribution in [0.15, 0.2) is 35.3 Å². The molecular formula is C39H57N9O9. The molecule has 0 saturated carbocycles. The number of Topliss-reactive ketones (excluding diaryl/α,β-unsaturated/α-hetero) is 1. The number of hydrogen-bond acceptors (Lipinski definition) is 12. The first kappa shape index (κ1) is 45.8. The van der Waals surface area contributed by atoms with Gasteiger partial charge in [0.05, 0.1) is 11.4 Å². The molecule has 3 atom stereocenters. The zero-order valence-electron chi connectivity index (χ0n) is 33.1. The van der Waals surface area contributed by atoms with Gasteiger partial charge in [-0.3, -0.25) is 33.8 Å². The molecular weight excluding hydrogens is 738 g/mol. The number of aromatic nitrogens is 3. The summed E-state index contributed by atoms with van der Waals surface area (Å²) >= 11 is 0. The first-order valence-electron chi connectivity index (χ1n) is 19.2. The Morgan fingerprint density at radius 3 is 2.21 bits per heavy atom. The Hall–Kier alpha value is -5.62. The van der Waals surface area contributed by atoms with Crippen LogP contribution >= 0.6 is 0 Å². The lowest BCUT2D eigenvalue weighted by molar-refractivity contribution is -0.157. The summed E-state index contributed by atoms with van der Waals surface area (Å²) in [5, 5.41) is 20.0. The number of aryl methyl sites for hydroxylation is 2. The number of hydrogen-bond donors (Lipinski definition) is 9. The number of aromatic amines is 2. The summed E-state index contributed by atoms with van der Waals surface area (Å²) < 4.78 is 5.55.